The van der Waals surface area contributed by atoms with Crippen molar-refractivity contribution in [2.45, 2.75) is 18.4 Å². The quantitative estimate of drug-likeness (QED) is 0.847. The summed E-state index contributed by atoms with van der Waals surface area (Å²) in [6.45, 7) is 1.29. The molecule has 3 rings (SSSR count). The Morgan fingerprint density at radius 1 is 1.24 bits per heavy atom. The number of rotatable bonds is 2. The number of benzene rings is 1. The summed E-state index contributed by atoms with van der Waals surface area (Å²) in [5.74, 6) is 0.00123. The molecule has 7 heteroatoms. The molecule has 1 amide bonds. The van der Waals surface area contributed by atoms with Crippen LogP contribution in [0.1, 0.15) is 12.8 Å². The second-order valence-corrected chi connectivity index (χ2v) is 5.25. The van der Waals surface area contributed by atoms with Crippen LogP contribution in [0.4, 0.5) is 10.5 Å². The van der Waals surface area contributed by atoms with E-state index in [9.17, 15) is 9.59 Å². The molecule has 2 N–H and O–H groups in total. The Balaban J connectivity index is 1.79. The number of hydroxylamine groups is 2. The molecule has 0 saturated carbocycles. The zero-order valence-electron chi connectivity index (χ0n) is 11.5. The van der Waals surface area contributed by atoms with Crippen LogP contribution >= 0.6 is 0 Å². The Labute approximate surface area is 122 Å². The molecule has 0 unspecified atom stereocenters. The zero-order chi connectivity index (χ0) is 14.9. The van der Waals surface area contributed by atoms with E-state index in [0.717, 1.165) is 5.69 Å². The lowest BCUT2D eigenvalue weighted by atomic mass is 9.86. The number of nitrogens with one attached hydrogen (secondary N) is 1. The average molecular weight is 291 g/mol. The lowest BCUT2D eigenvalue weighted by Crippen LogP contribution is -2.56. The molecule has 2 fully saturated rings. The monoisotopic (exact) mass is 291 g/mol. The van der Waals surface area contributed by atoms with Crippen molar-refractivity contribution in [2.24, 2.45) is 0 Å². The number of piperidine rings is 1. The molecule has 0 bridgehead atoms. The molecule has 7 nitrogen and oxygen atoms in total. The van der Waals surface area contributed by atoms with E-state index in [0.29, 0.717) is 32.6 Å². The first-order valence-electron chi connectivity index (χ1n) is 6.89. The fraction of sp³-hybridized carbons (Fsp3) is 0.429. The average Bonchev–Trinajstić information content (AvgIpc) is 2.79. The third-order valence-electron chi connectivity index (χ3n) is 4.16. The van der Waals surface area contributed by atoms with E-state index in [2.05, 4.69) is 15.1 Å². The van der Waals surface area contributed by atoms with E-state index in [1.54, 1.807) is 0 Å². The summed E-state index contributed by atoms with van der Waals surface area (Å²) in [6, 6.07) is 9.76. The van der Waals surface area contributed by atoms with Crippen LogP contribution in [0.25, 0.3) is 0 Å². The predicted molar refractivity (Wildman–Crippen MR) is 74.6 cm³/mol. The van der Waals surface area contributed by atoms with Gasteiger partial charge < -0.3 is 20.2 Å². The number of hydrogen-bond acceptors (Lipinski definition) is 5. The van der Waals surface area contributed by atoms with Crippen molar-refractivity contribution in [1.29, 1.82) is 0 Å². The zero-order valence-corrected chi connectivity index (χ0v) is 11.5. The highest BCUT2D eigenvalue weighted by molar-refractivity contribution is 5.93. The summed E-state index contributed by atoms with van der Waals surface area (Å²) in [7, 11) is 0. The molecule has 1 spiro atoms. The molecule has 2 heterocycles. The highest BCUT2D eigenvalue weighted by Crippen LogP contribution is 2.36. The fourth-order valence-corrected chi connectivity index (χ4v) is 3.09. The lowest BCUT2D eigenvalue weighted by molar-refractivity contribution is -0.145. The number of amides is 1. The van der Waals surface area contributed by atoms with Crippen LogP contribution < -0.4 is 10.2 Å². The molecule has 2 aliphatic rings. The van der Waals surface area contributed by atoms with Crippen molar-refractivity contribution in [3.05, 3.63) is 30.3 Å². The van der Waals surface area contributed by atoms with Crippen molar-refractivity contribution in [3.63, 3.8) is 0 Å². The van der Waals surface area contributed by atoms with Crippen LogP contribution in [0.2, 0.25) is 0 Å². The summed E-state index contributed by atoms with van der Waals surface area (Å²) in [6.07, 6.45) is -0.260. The number of anilines is 1. The van der Waals surface area contributed by atoms with Gasteiger partial charge in [0.2, 0.25) is 5.91 Å². The Morgan fingerprint density at radius 3 is 2.52 bits per heavy atom. The molecule has 21 heavy (non-hydrogen) atoms. The van der Waals surface area contributed by atoms with Gasteiger partial charge in [0, 0.05) is 18.8 Å². The number of carbonyl (C=O) groups is 2. The second-order valence-electron chi connectivity index (χ2n) is 5.25. The third kappa shape index (κ3) is 2.40. The SMILES string of the molecule is O=C(O)ON1CCC2(CC1)C(=O)NCN2c1ccccc1. The maximum atomic E-state index is 12.3. The van der Waals surface area contributed by atoms with Gasteiger partial charge in [0.05, 0.1) is 6.67 Å². The summed E-state index contributed by atoms with van der Waals surface area (Å²) >= 11 is 0. The van der Waals surface area contributed by atoms with Gasteiger partial charge in [-0.3, -0.25) is 4.79 Å². The van der Waals surface area contributed by atoms with Crippen molar-refractivity contribution in [3.8, 4) is 0 Å². The molecule has 0 radical (unpaired) electrons. The molecule has 2 aliphatic heterocycles. The smallest absolute Gasteiger partial charge is 0.448 e. The van der Waals surface area contributed by atoms with Gasteiger partial charge in [-0.05, 0) is 25.0 Å². The van der Waals surface area contributed by atoms with E-state index in [4.69, 9.17) is 5.11 Å². The normalized spacial score (nSPS) is 21.3. The molecule has 112 valence electrons. The van der Waals surface area contributed by atoms with E-state index >= 15 is 0 Å². The van der Waals surface area contributed by atoms with Gasteiger partial charge in [-0.1, -0.05) is 18.2 Å². The molecule has 0 atom stereocenters. The van der Waals surface area contributed by atoms with Gasteiger partial charge >= 0.3 is 6.16 Å². The minimum Gasteiger partial charge on any atom is -0.448 e. The van der Waals surface area contributed by atoms with Gasteiger partial charge in [-0.15, -0.1) is 5.06 Å². The predicted octanol–water partition coefficient (Wildman–Crippen LogP) is 1.02. The first-order valence-corrected chi connectivity index (χ1v) is 6.89. The van der Waals surface area contributed by atoms with Gasteiger partial charge in [0.1, 0.15) is 5.54 Å². The topological polar surface area (TPSA) is 82.1 Å². The molecule has 2 saturated heterocycles. The minimum absolute atomic E-state index is 0.00123. The maximum Gasteiger partial charge on any atom is 0.525 e. The minimum atomic E-state index is -1.32. The first-order chi connectivity index (χ1) is 10.1. The third-order valence-corrected chi connectivity index (χ3v) is 4.16. The number of carbonyl (C=O) groups excluding carboxylic acids is 1. The van der Waals surface area contributed by atoms with E-state index in [1.807, 2.05) is 30.3 Å². The summed E-state index contributed by atoms with van der Waals surface area (Å²) in [5.41, 5.74) is 0.378. The Bertz CT molecular complexity index is 540. The maximum absolute atomic E-state index is 12.3. The van der Waals surface area contributed by atoms with Gasteiger partial charge in [-0.2, -0.15) is 0 Å². The summed E-state index contributed by atoms with van der Waals surface area (Å²) in [4.78, 5) is 29.6. The van der Waals surface area contributed by atoms with Crippen molar-refractivity contribution in [2.75, 3.05) is 24.7 Å². The molecular weight excluding hydrogens is 274 g/mol. The van der Waals surface area contributed by atoms with E-state index in [1.165, 1.54) is 5.06 Å². The van der Waals surface area contributed by atoms with Gasteiger partial charge in [0.15, 0.2) is 0 Å². The number of hydrogen-bond donors (Lipinski definition) is 2. The van der Waals surface area contributed by atoms with Crippen molar-refractivity contribution < 1.29 is 19.5 Å². The number of carboxylic acid groups (broad SMARTS) is 1. The van der Waals surface area contributed by atoms with E-state index < -0.39 is 11.7 Å². The first kappa shape index (κ1) is 13.7. The van der Waals surface area contributed by atoms with Gasteiger partial charge in [0.25, 0.3) is 0 Å². The Hall–Kier alpha value is -2.28. The van der Waals surface area contributed by atoms with Crippen LogP contribution in [0.15, 0.2) is 30.3 Å². The van der Waals surface area contributed by atoms with E-state index in [-0.39, 0.29) is 5.91 Å². The second kappa shape index (κ2) is 5.25. The fourth-order valence-electron chi connectivity index (χ4n) is 3.09. The van der Waals surface area contributed by atoms with Crippen molar-refractivity contribution >= 4 is 17.7 Å². The standard InChI is InChI=1S/C14H17N3O4/c18-12-14(6-8-16(9-7-14)21-13(19)20)17(10-15-12)11-4-2-1-3-5-11/h1-5H,6-10H2,(H,15,18)(H,19,20). The highest BCUT2D eigenvalue weighted by atomic mass is 16.8. The van der Waals surface area contributed by atoms with Crippen molar-refractivity contribution in [1.82, 2.24) is 10.4 Å². The van der Waals surface area contributed by atoms with Crippen LogP contribution in [0.3, 0.4) is 0 Å². The van der Waals surface area contributed by atoms with Gasteiger partial charge in [-0.25, -0.2) is 4.79 Å². The van der Waals surface area contributed by atoms with Crippen LogP contribution in [-0.4, -0.2) is 47.5 Å². The molecule has 0 aliphatic carbocycles. The largest absolute Gasteiger partial charge is 0.525 e. The number of nitrogens with zero attached hydrogens (tertiary/aromatic N) is 2. The molecule has 1 aromatic carbocycles. The summed E-state index contributed by atoms with van der Waals surface area (Å²) in [5, 5.41) is 12.9. The molecule has 0 aromatic heterocycles. The molecular formula is C14H17N3O4. The summed E-state index contributed by atoms with van der Waals surface area (Å²) < 4.78 is 0. The molecule has 1 aromatic rings. The lowest BCUT2D eigenvalue weighted by Gasteiger charge is -2.42. The van der Waals surface area contributed by atoms with Crippen LogP contribution in [-0.2, 0) is 9.63 Å². The van der Waals surface area contributed by atoms with Crippen LogP contribution in [0.5, 0.6) is 0 Å². The Kier molecular flexibility index (Phi) is 3.42. The number of para-hydroxylation sites is 1. The van der Waals surface area contributed by atoms with Crippen LogP contribution in [0, 0.1) is 0 Å². The Morgan fingerprint density at radius 2 is 1.90 bits per heavy atom. The highest BCUT2D eigenvalue weighted by Gasteiger charge is 2.50.